The summed E-state index contributed by atoms with van der Waals surface area (Å²) in [6.45, 7) is 7.33. The molecule has 0 aromatic heterocycles. The summed E-state index contributed by atoms with van der Waals surface area (Å²) in [4.78, 5) is 12.3. The molecule has 1 N–H and O–H groups in total. The molecule has 21 heavy (non-hydrogen) atoms. The summed E-state index contributed by atoms with van der Waals surface area (Å²) in [6.07, 6.45) is 5.12. The highest BCUT2D eigenvalue weighted by molar-refractivity contribution is 7.99. The molecular weight excluding hydrogens is 304 g/mol. The molecule has 0 saturated carbocycles. The van der Waals surface area contributed by atoms with E-state index in [1.165, 1.54) is 0 Å². The number of benzene rings is 1. The van der Waals surface area contributed by atoms with Crippen LogP contribution in [-0.4, -0.2) is 23.2 Å². The van der Waals surface area contributed by atoms with Gasteiger partial charge in [0.1, 0.15) is 0 Å². The molecule has 0 heterocycles. The predicted octanol–water partition coefficient (Wildman–Crippen LogP) is 4.36. The number of ketones is 1. The first-order valence-corrected chi connectivity index (χ1v) is 8.01. The Hall–Kier alpha value is -1.29. The van der Waals surface area contributed by atoms with Crippen LogP contribution >= 0.6 is 23.4 Å². The fourth-order valence-electron chi connectivity index (χ4n) is 1.83. The summed E-state index contributed by atoms with van der Waals surface area (Å²) in [5.41, 5.74) is 1.57. The number of thioether (sulfide) groups is 1. The second-order valence-corrected chi connectivity index (χ2v) is 6.07. The van der Waals surface area contributed by atoms with Crippen molar-refractivity contribution in [1.29, 1.82) is 0 Å². The Morgan fingerprint density at radius 3 is 2.52 bits per heavy atom. The maximum absolute atomic E-state index is 12.3. The van der Waals surface area contributed by atoms with Gasteiger partial charge in [-0.1, -0.05) is 55.1 Å². The van der Waals surface area contributed by atoms with Crippen molar-refractivity contribution in [3.8, 4) is 0 Å². The summed E-state index contributed by atoms with van der Waals surface area (Å²) in [6, 6.07) is 7.44. The topological polar surface area (TPSA) is 37.3 Å². The smallest absolute Gasteiger partial charge is 0.164 e. The van der Waals surface area contributed by atoms with Crippen molar-refractivity contribution in [2.45, 2.75) is 11.7 Å². The Kier molecular flexibility index (Phi) is 8.13. The largest absolute Gasteiger partial charge is 0.396 e. The molecule has 112 valence electrons. The van der Waals surface area contributed by atoms with E-state index in [9.17, 15) is 4.79 Å². The maximum atomic E-state index is 12.3. The Morgan fingerprint density at radius 1 is 1.33 bits per heavy atom. The molecule has 1 atom stereocenters. The van der Waals surface area contributed by atoms with Crippen LogP contribution in [0.5, 0.6) is 0 Å². The third-order valence-corrected chi connectivity index (χ3v) is 4.37. The van der Waals surface area contributed by atoms with Crippen LogP contribution in [0.15, 0.2) is 61.2 Å². The highest BCUT2D eigenvalue weighted by Gasteiger charge is 2.17. The molecule has 1 rings (SSSR count). The van der Waals surface area contributed by atoms with Crippen LogP contribution in [0.1, 0.15) is 17.2 Å². The minimum Gasteiger partial charge on any atom is -0.396 e. The number of halogens is 1. The zero-order chi connectivity index (χ0) is 15.7. The van der Waals surface area contributed by atoms with Crippen LogP contribution < -0.4 is 0 Å². The summed E-state index contributed by atoms with van der Waals surface area (Å²) in [5.74, 6) is 0.588. The minimum absolute atomic E-state index is 0.00953. The number of carbonyl (C=O) groups is 1. The van der Waals surface area contributed by atoms with Crippen LogP contribution in [-0.2, 0) is 4.79 Å². The first-order valence-electron chi connectivity index (χ1n) is 6.58. The number of rotatable bonds is 9. The number of hydrogen-bond donors (Lipinski definition) is 1. The van der Waals surface area contributed by atoms with E-state index < -0.39 is 0 Å². The lowest BCUT2D eigenvalue weighted by Crippen LogP contribution is -2.07. The van der Waals surface area contributed by atoms with Crippen molar-refractivity contribution >= 4 is 29.1 Å². The molecule has 4 heteroatoms. The summed E-state index contributed by atoms with van der Waals surface area (Å²) in [7, 11) is 0. The molecular formula is C17H19ClO2S. The predicted molar refractivity (Wildman–Crippen MR) is 91.8 cm³/mol. The lowest BCUT2D eigenvalue weighted by Gasteiger charge is -2.16. The third kappa shape index (κ3) is 5.92. The van der Waals surface area contributed by atoms with E-state index in [0.29, 0.717) is 22.8 Å². The first kappa shape index (κ1) is 17.8. The van der Waals surface area contributed by atoms with Gasteiger partial charge < -0.3 is 5.11 Å². The second-order valence-electron chi connectivity index (χ2n) is 4.32. The maximum Gasteiger partial charge on any atom is 0.164 e. The van der Waals surface area contributed by atoms with Gasteiger partial charge in [-0.3, -0.25) is 4.79 Å². The molecule has 1 aromatic carbocycles. The van der Waals surface area contributed by atoms with Crippen LogP contribution in [0.25, 0.3) is 0 Å². The molecule has 0 fully saturated rings. The Balaban J connectivity index is 2.90. The summed E-state index contributed by atoms with van der Waals surface area (Å²) < 4.78 is 0. The van der Waals surface area contributed by atoms with E-state index in [-0.39, 0.29) is 17.6 Å². The summed E-state index contributed by atoms with van der Waals surface area (Å²) in [5, 5.41) is 9.66. The number of allylic oxidation sites excluding steroid dienone is 4. The highest BCUT2D eigenvalue weighted by Crippen LogP contribution is 2.33. The molecule has 0 bridgehead atoms. The van der Waals surface area contributed by atoms with E-state index >= 15 is 0 Å². The lowest BCUT2D eigenvalue weighted by molar-refractivity contribution is -0.115. The average molecular weight is 323 g/mol. The normalized spacial score (nSPS) is 12.8. The highest BCUT2D eigenvalue weighted by atomic mass is 35.5. The molecule has 0 aliphatic heterocycles. The van der Waals surface area contributed by atoms with Gasteiger partial charge in [0.05, 0.1) is 6.61 Å². The van der Waals surface area contributed by atoms with Crippen LogP contribution in [0, 0.1) is 0 Å². The van der Waals surface area contributed by atoms with E-state index in [4.69, 9.17) is 16.7 Å². The zero-order valence-electron chi connectivity index (χ0n) is 11.8. The van der Waals surface area contributed by atoms with Gasteiger partial charge in [-0.15, -0.1) is 0 Å². The van der Waals surface area contributed by atoms with Gasteiger partial charge in [0.25, 0.3) is 0 Å². The molecule has 0 saturated heterocycles. The SMILES string of the molecule is C=C/C=C(\C=C)C(=O)CC(SCCO)c1ccc(Cl)cc1. The first-order chi connectivity index (χ1) is 10.1. The standard InChI is InChI=1S/C17H19ClO2S/c1-3-5-13(4-2)16(20)12-17(21-11-10-19)14-6-8-15(18)9-7-14/h3-9,17,19H,1-2,10-12H2/b13-5+. The molecule has 1 unspecified atom stereocenters. The Bertz CT molecular complexity index is 520. The van der Waals surface area contributed by atoms with Gasteiger partial charge in [0.15, 0.2) is 5.78 Å². The van der Waals surface area contributed by atoms with Gasteiger partial charge in [0, 0.05) is 28.0 Å². The number of aliphatic hydroxyl groups excluding tert-OH is 1. The number of carbonyl (C=O) groups excluding carboxylic acids is 1. The summed E-state index contributed by atoms with van der Waals surface area (Å²) >= 11 is 7.45. The molecule has 0 spiro atoms. The van der Waals surface area contributed by atoms with Crippen molar-refractivity contribution in [3.05, 3.63) is 71.8 Å². The molecule has 0 amide bonds. The van der Waals surface area contributed by atoms with Gasteiger partial charge >= 0.3 is 0 Å². The van der Waals surface area contributed by atoms with Crippen molar-refractivity contribution in [2.24, 2.45) is 0 Å². The van der Waals surface area contributed by atoms with E-state index in [1.54, 1.807) is 30.0 Å². The van der Waals surface area contributed by atoms with Gasteiger partial charge in [0.2, 0.25) is 0 Å². The van der Waals surface area contributed by atoms with Gasteiger partial charge in [-0.25, -0.2) is 0 Å². The van der Waals surface area contributed by atoms with Gasteiger partial charge in [-0.05, 0) is 17.7 Å². The van der Waals surface area contributed by atoms with Crippen molar-refractivity contribution in [1.82, 2.24) is 0 Å². The minimum atomic E-state index is -0.0184. The fraction of sp³-hybridized carbons (Fsp3) is 0.235. The van der Waals surface area contributed by atoms with E-state index in [0.717, 1.165) is 5.56 Å². The monoisotopic (exact) mass is 322 g/mol. The zero-order valence-corrected chi connectivity index (χ0v) is 13.4. The van der Waals surface area contributed by atoms with Crippen molar-refractivity contribution in [3.63, 3.8) is 0 Å². The van der Waals surface area contributed by atoms with Crippen LogP contribution in [0.4, 0.5) is 0 Å². The number of hydrogen-bond acceptors (Lipinski definition) is 3. The number of Topliss-reactive ketones (excluding diaryl/α,β-unsaturated/α-hetero) is 1. The molecule has 0 radical (unpaired) electrons. The van der Waals surface area contributed by atoms with Crippen LogP contribution in [0.3, 0.4) is 0 Å². The molecule has 0 aliphatic rings. The van der Waals surface area contributed by atoms with E-state index in [1.807, 2.05) is 24.3 Å². The number of aliphatic hydroxyl groups is 1. The Labute approximate surface area is 135 Å². The quantitative estimate of drug-likeness (QED) is 0.542. The fourth-order valence-corrected chi connectivity index (χ4v) is 2.97. The average Bonchev–Trinajstić information content (AvgIpc) is 2.49. The van der Waals surface area contributed by atoms with Gasteiger partial charge in [-0.2, -0.15) is 11.8 Å². The van der Waals surface area contributed by atoms with Crippen LogP contribution in [0.2, 0.25) is 5.02 Å². The second kappa shape index (κ2) is 9.61. The lowest BCUT2D eigenvalue weighted by atomic mass is 10.0. The van der Waals surface area contributed by atoms with Crippen molar-refractivity contribution < 1.29 is 9.90 Å². The molecule has 0 aliphatic carbocycles. The molecule has 2 nitrogen and oxygen atoms in total. The van der Waals surface area contributed by atoms with Crippen molar-refractivity contribution in [2.75, 3.05) is 12.4 Å². The van der Waals surface area contributed by atoms with E-state index in [2.05, 4.69) is 13.2 Å². The molecule has 1 aromatic rings. The third-order valence-electron chi connectivity index (χ3n) is 2.86. The Morgan fingerprint density at radius 2 is 2.00 bits per heavy atom.